The summed E-state index contributed by atoms with van der Waals surface area (Å²) in [7, 11) is 0. The fourth-order valence-corrected chi connectivity index (χ4v) is 2.97. The van der Waals surface area contributed by atoms with Gasteiger partial charge in [0.15, 0.2) is 0 Å². The third-order valence-electron chi connectivity index (χ3n) is 4.11. The number of likely N-dealkylation sites (N-methyl/N-ethyl adjacent to an activating group) is 1. The number of rotatable bonds is 8. The van der Waals surface area contributed by atoms with Crippen LogP contribution in [0.2, 0.25) is 0 Å². The third kappa shape index (κ3) is 4.72. The fourth-order valence-electron chi connectivity index (χ4n) is 2.97. The first-order chi connectivity index (χ1) is 9.35. The van der Waals surface area contributed by atoms with Crippen molar-refractivity contribution in [1.82, 2.24) is 10.2 Å². The van der Waals surface area contributed by atoms with Gasteiger partial charge in [-0.05, 0) is 46.2 Å². The van der Waals surface area contributed by atoms with E-state index in [0.717, 1.165) is 32.7 Å². The van der Waals surface area contributed by atoms with Gasteiger partial charge in [0.05, 0.1) is 12.2 Å². The average molecular weight is 286 g/mol. The molecule has 1 rings (SSSR count). The summed E-state index contributed by atoms with van der Waals surface area (Å²) in [4.78, 5) is 13.9. The van der Waals surface area contributed by atoms with Crippen molar-refractivity contribution in [3.63, 3.8) is 0 Å². The highest BCUT2D eigenvalue weighted by atomic mass is 16.5. The Kier molecular flexibility index (Phi) is 6.43. The summed E-state index contributed by atoms with van der Waals surface area (Å²) in [5.74, 6) is -0.732. The zero-order valence-electron chi connectivity index (χ0n) is 13.4. The Labute approximate surface area is 122 Å². The predicted octanol–water partition coefficient (Wildman–Crippen LogP) is 1.72. The van der Waals surface area contributed by atoms with E-state index in [2.05, 4.69) is 24.1 Å². The molecule has 0 aliphatic carbocycles. The quantitative estimate of drug-likeness (QED) is 0.711. The summed E-state index contributed by atoms with van der Waals surface area (Å²) in [6.07, 6.45) is 2.18. The lowest BCUT2D eigenvalue weighted by molar-refractivity contribution is -0.145. The molecule has 5 heteroatoms. The van der Waals surface area contributed by atoms with Crippen LogP contribution in [0.25, 0.3) is 0 Å². The molecule has 1 heterocycles. The maximum absolute atomic E-state index is 11.5. The SMILES string of the molecule is CCNC(CC)(CCCN1CCOC(C)(C)C1)C(=O)O. The molecule has 1 aliphatic rings. The number of carbonyl (C=O) groups is 1. The molecule has 20 heavy (non-hydrogen) atoms. The number of ether oxygens (including phenoxy) is 1. The van der Waals surface area contributed by atoms with Crippen molar-refractivity contribution in [2.45, 2.75) is 58.1 Å². The summed E-state index contributed by atoms with van der Waals surface area (Å²) >= 11 is 0. The second-order valence-corrected chi connectivity index (χ2v) is 6.26. The van der Waals surface area contributed by atoms with Crippen molar-refractivity contribution < 1.29 is 14.6 Å². The molecule has 0 bridgehead atoms. The normalized spacial score (nSPS) is 22.4. The van der Waals surface area contributed by atoms with Crippen molar-refractivity contribution in [2.24, 2.45) is 0 Å². The number of nitrogens with zero attached hydrogens (tertiary/aromatic N) is 1. The van der Waals surface area contributed by atoms with Crippen LogP contribution in [-0.4, -0.2) is 59.9 Å². The van der Waals surface area contributed by atoms with Crippen LogP contribution >= 0.6 is 0 Å². The summed E-state index contributed by atoms with van der Waals surface area (Å²) in [5, 5.41) is 12.6. The van der Waals surface area contributed by atoms with Crippen LogP contribution in [0.1, 0.15) is 47.0 Å². The zero-order valence-corrected chi connectivity index (χ0v) is 13.4. The fraction of sp³-hybridized carbons (Fsp3) is 0.933. The second kappa shape index (κ2) is 7.38. The Balaban J connectivity index is 2.46. The summed E-state index contributed by atoms with van der Waals surface area (Å²) in [6.45, 7) is 12.3. The standard InChI is InChI=1S/C15H30N2O3/c1-5-15(13(18)19,16-6-2)8-7-9-17-10-11-20-14(3,4)12-17/h16H,5-12H2,1-4H3,(H,18,19). The van der Waals surface area contributed by atoms with E-state index in [0.29, 0.717) is 19.4 Å². The first-order valence-electron chi connectivity index (χ1n) is 7.70. The van der Waals surface area contributed by atoms with Crippen molar-refractivity contribution in [3.05, 3.63) is 0 Å². The largest absolute Gasteiger partial charge is 0.480 e. The Hall–Kier alpha value is -0.650. The molecule has 1 atom stereocenters. The summed E-state index contributed by atoms with van der Waals surface area (Å²) in [5.41, 5.74) is -0.856. The predicted molar refractivity (Wildman–Crippen MR) is 80.0 cm³/mol. The molecule has 0 aromatic rings. The van der Waals surface area contributed by atoms with E-state index in [-0.39, 0.29) is 5.60 Å². The average Bonchev–Trinajstić information content (AvgIpc) is 2.36. The lowest BCUT2D eigenvalue weighted by Gasteiger charge is -2.38. The molecule has 1 aliphatic heterocycles. The molecular weight excluding hydrogens is 256 g/mol. The lowest BCUT2D eigenvalue weighted by Crippen LogP contribution is -2.52. The van der Waals surface area contributed by atoms with Gasteiger partial charge in [0.25, 0.3) is 0 Å². The van der Waals surface area contributed by atoms with E-state index in [4.69, 9.17) is 4.74 Å². The zero-order chi connectivity index (χ0) is 15.2. The topological polar surface area (TPSA) is 61.8 Å². The Morgan fingerprint density at radius 2 is 2.15 bits per heavy atom. The highest BCUT2D eigenvalue weighted by Crippen LogP contribution is 2.20. The van der Waals surface area contributed by atoms with Crippen LogP contribution < -0.4 is 5.32 Å². The molecule has 2 N–H and O–H groups in total. The number of hydrogen-bond acceptors (Lipinski definition) is 4. The minimum absolute atomic E-state index is 0.0887. The van der Waals surface area contributed by atoms with Crippen molar-refractivity contribution in [3.8, 4) is 0 Å². The molecule has 1 fully saturated rings. The number of nitrogens with one attached hydrogen (secondary N) is 1. The van der Waals surface area contributed by atoms with Gasteiger partial charge in [-0.15, -0.1) is 0 Å². The van der Waals surface area contributed by atoms with Gasteiger partial charge in [0, 0.05) is 13.1 Å². The maximum Gasteiger partial charge on any atom is 0.323 e. The first-order valence-corrected chi connectivity index (χ1v) is 7.70. The molecular formula is C15H30N2O3. The molecule has 0 aromatic carbocycles. The monoisotopic (exact) mass is 286 g/mol. The summed E-state index contributed by atoms with van der Waals surface area (Å²) < 4.78 is 5.69. The van der Waals surface area contributed by atoms with Gasteiger partial charge < -0.3 is 15.2 Å². The molecule has 118 valence electrons. The summed E-state index contributed by atoms with van der Waals surface area (Å²) in [6, 6.07) is 0. The Morgan fingerprint density at radius 1 is 1.45 bits per heavy atom. The highest BCUT2D eigenvalue weighted by molar-refractivity contribution is 5.78. The maximum atomic E-state index is 11.5. The molecule has 0 aromatic heterocycles. The molecule has 1 saturated heterocycles. The molecule has 0 amide bonds. The Bertz CT molecular complexity index is 320. The van der Waals surface area contributed by atoms with Crippen LogP contribution in [0.15, 0.2) is 0 Å². The van der Waals surface area contributed by atoms with Gasteiger partial charge in [-0.1, -0.05) is 13.8 Å². The van der Waals surface area contributed by atoms with Crippen LogP contribution in [0, 0.1) is 0 Å². The molecule has 0 radical (unpaired) electrons. The van der Waals surface area contributed by atoms with Crippen molar-refractivity contribution in [2.75, 3.05) is 32.8 Å². The van der Waals surface area contributed by atoms with Gasteiger partial charge in [0.1, 0.15) is 5.54 Å². The van der Waals surface area contributed by atoms with Gasteiger partial charge in [-0.25, -0.2) is 0 Å². The number of carboxylic acid groups (broad SMARTS) is 1. The van der Waals surface area contributed by atoms with Crippen LogP contribution in [0.4, 0.5) is 0 Å². The highest BCUT2D eigenvalue weighted by Gasteiger charge is 2.35. The van der Waals surface area contributed by atoms with Crippen LogP contribution in [0.5, 0.6) is 0 Å². The molecule has 0 saturated carbocycles. The first kappa shape index (κ1) is 17.4. The minimum atomic E-state index is -0.767. The van der Waals surface area contributed by atoms with E-state index >= 15 is 0 Å². The van der Waals surface area contributed by atoms with Gasteiger partial charge in [-0.3, -0.25) is 9.69 Å². The van der Waals surface area contributed by atoms with Gasteiger partial charge in [0.2, 0.25) is 0 Å². The second-order valence-electron chi connectivity index (χ2n) is 6.26. The molecule has 5 nitrogen and oxygen atoms in total. The number of hydrogen-bond donors (Lipinski definition) is 2. The van der Waals surface area contributed by atoms with Crippen LogP contribution in [0.3, 0.4) is 0 Å². The van der Waals surface area contributed by atoms with E-state index in [1.165, 1.54) is 0 Å². The smallest absolute Gasteiger partial charge is 0.323 e. The third-order valence-corrected chi connectivity index (χ3v) is 4.11. The molecule has 0 spiro atoms. The van der Waals surface area contributed by atoms with E-state index in [1.807, 2.05) is 13.8 Å². The van der Waals surface area contributed by atoms with Crippen LogP contribution in [-0.2, 0) is 9.53 Å². The minimum Gasteiger partial charge on any atom is -0.480 e. The van der Waals surface area contributed by atoms with E-state index in [1.54, 1.807) is 0 Å². The van der Waals surface area contributed by atoms with E-state index < -0.39 is 11.5 Å². The van der Waals surface area contributed by atoms with E-state index in [9.17, 15) is 9.90 Å². The number of morpholine rings is 1. The Morgan fingerprint density at radius 3 is 2.65 bits per heavy atom. The number of carboxylic acids is 1. The van der Waals surface area contributed by atoms with Gasteiger partial charge >= 0.3 is 5.97 Å². The van der Waals surface area contributed by atoms with Gasteiger partial charge in [-0.2, -0.15) is 0 Å². The van der Waals surface area contributed by atoms with Crippen molar-refractivity contribution in [1.29, 1.82) is 0 Å². The number of aliphatic carboxylic acids is 1. The lowest BCUT2D eigenvalue weighted by atomic mass is 9.90. The molecule has 1 unspecified atom stereocenters. The van der Waals surface area contributed by atoms with Crippen molar-refractivity contribution >= 4 is 5.97 Å².